The molecule has 1 unspecified atom stereocenters. The molecule has 198 valence electrons. The number of hydrogen-bond donors (Lipinski definition) is 1. The van der Waals surface area contributed by atoms with Gasteiger partial charge in [0.15, 0.2) is 0 Å². The molecule has 0 radical (unpaired) electrons. The Bertz CT molecular complexity index is 1450. The fourth-order valence-electron chi connectivity index (χ4n) is 6.12. The van der Waals surface area contributed by atoms with Crippen LogP contribution in [0.25, 0.3) is 0 Å². The van der Waals surface area contributed by atoms with Gasteiger partial charge in [-0.25, -0.2) is 4.39 Å². The Balaban J connectivity index is 1.27. The van der Waals surface area contributed by atoms with E-state index in [4.69, 9.17) is 16.3 Å². The minimum Gasteiger partial charge on any atom is -0.489 e. The van der Waals surface area contributed by atoms with Gasteiger partial charge in [-0.2, -0.15) is 0 Å². The zero-order valence-electron chi connectivity index (χ0n) is 21.4. The fourth-order valence-corrected chi connectivity index (χ4v) is 6.25. The maximum Gasteiger partial charge on any atom is 0.236 e. The number of nitrogens with zero attached hydrogens (tertiary/aromatic N) is 1. The highest BCUT2D eigenvalue weighted by Crippen LogP contribution is 2.61. The van der Waals surface area contributed by atoms with Crippen LogP contribution in [0.15, 0.2) is 103 Å². The molecule has 1 N–H and O–H groups in total. The number of benzene rings is 4. The molecule has 4 aromatic rings. The smallest absolute Gasteiger partial charge is 0.236 e. The van der Waals surface area contributed by atoms with Crippen molar-refractivity contribution >= 4 is 23.2 Å². The second kappa shape index (κ2) is 10.1. The number of amides is 1. The van der Waals surface area contributed by atoms with E-state index in [0.29, 0.717) is 43.0 Å². The highest BCUT2D eigenvalue weighted by atomic mass is 35.5. The minimum absolute atomic E-state index is 0.0154. The minimum atomic E-state index is -1.01. The van der Waals surface area contributed by atoms with E-state index >= 15 is 0 Å². The van der Waals surface area contributed by atoms with Crippen molar-refractivity contribution in [2.24, 2.45) is 5.41 Å². The second-order valence-electron chi connectivity index (χ2n) is 10.6. The molecular weight excluding hydrogens is 513 g/mol. The number of hydrogen-bond acceptors (Lipinski definition) is 3. The van der Waals surface area contributed by atoms with Gasteiger partial charge in [0.1, 0.15) is 18.2 Å². The zero-order chi connectivity index (χ0) is 27.0. The predicted molar refractivity (Wildman–Crippen MR) is 150 cm³/mol. The summed E-state index contributed by atoms with van der Waals surface area (Å²) in [7, 11) is 0. The van der Waals surface area contributed by atoms with Gasteiger partial charge in [0.2, 0.25) is 5.91 Å². The lowest BCUT2D eigenvalue weighted by Crippen LogP contribution is -2.65. The molecule has 0 bridgehead atoms. The van der Waals surface area contributed by atoms with Gasteiger partial charge in [0.25, 0.3) is 0 Å². The van der Waals surface area contributed by atoms with Gasteiger partial charge < -0.3 is 14.7 Å². The molecule has 4 aromatic carbocycles. The normalized spacial score (nSPS) is 24.4. The quantitative estimate of drug-likeness (QED) is 0.256. The summed E-state index contributed by atoms with van der Waals surface area (Å²) in [6.07, 6.45) is 2.01. The van der Waals surface area contributed by atoms with Crippen molar-refractivity contribution in [1.29, 1.82) is 0 Å². The van der Waals surface area contributed by atoms with Gasteiger partial charge in [-0.1, -0.05) is 66.2 Å². The molecule has 1 heterocycles. The lowest BCUT2D eigenvalue weighted by Gasteiger charge is -2.59. The van der Waals surface area contributed by atoms with E-state index in [1.165, 1.54) is 12.1 Å². The molecule has 1 aliphatic carbocycles. The van der Waals surface area contributed by atoms with Gasteiger partial charge >= 0.3 is 0 Å². The van der Waals surface area contributed by atoms with Crippen LogP contribution < -0.4 is 9.64 Å². The standard InChI is InChI=1S/C33H29ClFNO3/c34-26-10-8-25(9-11-26)33(38)20-18-32(19-21-33)30(36(31(32)37)28-14-12-27(35)13-15-28)24-6-16-29(17-7-24)39-22-23-4-2-1-3-5-23/h1-17,30,38H,18-22H2. The molecule has 39 heavy (non-hydrogen) atoms. The Morgan fingerprint density at radius 3 is 2.13 bits per heavy atom. The van der Waals surface area contributed by atoms with Crippen molar-refractivity contribution in [1.82, 2.24) is 0 Å². The first kappa shape index (κ1) is 25.6. The number of carbonyl (C=O) groups excluding carboxylic acids is 1. The number of ether oxygens (including phenoxy) is 1. The van der Waals surface area contributed by atoms with Crippen LogP contribution in [0.1, 0.15) is 48.4 Å². The van der Waals surface area contributed by atoms with Crippen LogP contribution in [0.3, 0.4) is 0 Å². The molecule has 1 atom stereocenters. The summed E-state index contributed by atoms with van der Waals surface area (Å²) >= 11 is 6.06. The summed E-state index contributed by atoms with van der Waals surface area (Å²) in [4.78, 5) is 15.6. The molecule has 6 rings (SSSR count). The fraction of sp³-hybridized carbons (Fsp3) is 0.242. The molecule has 0 aromatic heterocycles. The van der Waals surface area contributed by atoms with E-state index in [1.54, 1.807) is 29.2 Å². The largest absolute Gasteiger partial charge is 0.489 e. The van der Waals surface area contributed by atoms with Crippen LogP contribution in [0.4, 0.5) is 10.1 Å². The Hall–Kier alpha value is -3.67. The van der Waals surface area contributed by atoms with E-state index in [-0.39, 0.29) is 17.8 Å². The molecule has 1 aliphatic heterocycles. The van der Waals surface area contributed by atoms with Crippen LogP contribution in [-0.4, -0.2) is 11.0 Å². The molecule has 2 aliphatic rings. The van der Waals surface area contributed by atoms with E-state index in [2.05, 4.69) is 0 Å². The molecule has 1 amide bonds. The lowest BCUT2D eigenvalue weighted by molar-refractivity contribution is -0.149. The van der Waals surface area contributed by atoms with Gasteiger partial charge in [-0.15, -0.1) is 0 Å². The number of aliphatic hydroxyl groups is 1. The van der Waals surface area contributed by atoms with Crippen molar-refractivity contribution in [2.75, 3.05) is 4.90 Å². The van der Waals surface area contributed by atoms with Crippen LogP contribution in [0, 0.1) is 11.2 Å². The summed E-state index contributed by atoms with van der Waals surface area (Å²) in [5, 5.41) is 12.1. The third kappa shape index (κ3) is 4.70. The Morgan fingerprint density at radius 1 is 0.846 bits per heavy atom. The predicted octanol–water partition coefficient (Wildman–Crippen LogP) is 7.59. The molecule has 1 spiro atoms. The van der Waals surface area contributed by atoms with Crippen LogP contribution in [-0.2, 0) is 17.0 Å². The van der Waals surface area contributed by atoms with E-state index in [1.807, 2.05) is 66.7 Å². The summed E-state index contributed by atoms with van der Waals surface area (Å²) in [6.45, 7) is 0.469. The Labute approximate surface area is 232 Å². The topological polar surface area (TPSA) is 49.8 Å². The van der Waals surface area contributed by atoms with Crippen molar-refractivity contribution < 1.29 is 19.0 Å². The molecule has 1 saturated carbocycles. The molecule has 1 saturated heterocycles. The molecule has 4 nitrogen and oxygen atoms in total. The average molecular weight is 542 g/mol. The monoisotopic (exact) mass is 541 g/mol. The number of carbonyl (C=O) groups is 1. The van der Waals surface area contributed by atoms with E-state index < -0.39 is 11.0 Å². The van der Waals surface area contributed by atoms with Crippen LogP contribution >= 0.6 is 11.6 Å². The third-order valence-corrected chi connectivity index (χ3v) is 8.58. The molecule has 6 heteroatoms. The summed E-state index contributed by atoms with van der Waals surface area (Å²) in [5.74, 6) is 0.418. The Kier molecular flexibility index (Phi) is 6.66. The number of rotatable bonds is 6. The number of halogens is 2. The first-order valence-corrected chi connectivity index (χ1v) is 13.6. The van der Waals surface area contributed by atoms with Gasteiger partial charge in [0.05, 0.1) is 17.1 Å². The molecule has 2 fully saturated rings. The number of anilines is 1. The zero-order valence-corrected chi connectivity index (χ0v) is 22.2. The Morgan fingerprint density at radius 2 is 1.49 bits per heavy atom. The van der Waals surface area contributed by atoms with E-state index in [0.717, 1.165) is 22.4 Å². The van der Waals surface area contributed by atoms with Crippen molar-refractivity contribution in [3.05, 3.63) is 131 Å². The van der Waals surface area contributed by atoms with Crippen molar-refractivity contribution in [3.63, 3.8) is 0 Å². The highest BCUT2D eigenvalue weighted by molar-refractivity contribution is 6.30. The first-order chi connectivity index (χ1) is 18.9. The van der Waals surface area contributed by atoms with E-state index in [9.17, 15) is 14.3 Å². The SMILES string of the molecule is O=C1N(c2ccc(F)cc2)C(c2ccc(OCc3ccccc3)cc2)C12CCC(O)(c1ccc(Cl)cc1)CC2. The van der Waals surface area contributed by atoms with Gasteiger partial charge in [-0.05, 0) is 90.9 Å². The van der Waals surface area contributed by atoms with Gasteiger partial charge in [0, 0.05) is 10.7 Å². The maximum absolute atomic E-state index is 13.8. The lowest BCUT2D eigenvalue weighted by atomic mass is 9.56. The number of β-lactam (4-membered cyclic amide) rings is 1. The molecular formula is C33H29ClFNO3. The second-order valence-corrected chi connectivity index (χ2v) is 11.0. The van der Waals surface area contributed by atoms with Gasteiger partial charge in [-0.3, -0.25) is 4.79 Å². The maximum atomic E-state index is 13.8. The average Bonchev–Trinajstić information content (AvgIpc) is 2.97. The summed E-state index contributed by atoms with van der Waals surface area (Å²) in [5.41, 5.74) is 1.91. The third-order valence-electron chi connectivity index (χ3n) is 8.33. The van der Waals surface area contributed by atoms with Crippen LogP contribution in [0.5, 0.6) is 5.75 Å². The highest BCUT2D eigenvalue weighted by Gasteiger charge is 2.63. The summed E-state index contributed by atoms with van der Waals surface area (Å²) in [6, 6.07) is 31.0. The first-order valence-electron chi connectivity index (χ1n) is 13.2. The van der Waals surface area contributed by atoms with Crippen molar-refractivity contribution in [3.8, 4) is 5.75 Å². The van der Waals surface area contributed by atoms with Crippen molar-refractivity contribution in [2.45, 2.75) is 43.9 Å². The summed E-state index contributed by atoms with van der Waals surface area (Å²) < 4.78 is 19.7. The van der Waals surface area contributed by atoms with Crippen LogP contribution in [0.2, 0.25) is 5.02 Å².